The molecule has 1 aromatic heterocycles. The highest BCUT2D eigenvalue weighted by Crippen LogP contribution is 2.14. The van der Waals surface area contributed by atoms with Crippen LogP contribution < -0.4 is 5.32 Å². The molecule has 2 atom stereocenters. The van der Waals surface area contributed by atoms with Crippen molar-refractivity contribution in [2.45, 2.75) is 32.4 Å². The third kappa shape index (κ3) is 4.10. The van der Waals surface area contributed by atoms with Crippen molar-refractivity contribution in [3.05, 3.63) is 65.5 Å². The molecular weight excluding hydrogens is 258 g/mol. The van der Waals surface area contributed by atoms with E-state index in [2.05, 4.69) is 10.3 Å². The lowest BCUT2D eigenvalue weighted by Gasteiger charge is -2.20. The number of benzene rings is 1. The predicted molar refractivity (Wildman–Crippen MR) is 75.3 cm³/mol. The first kappa shape index (κ1) is 14.6. The number of aromatic nitrogens is 1. The van der Waals surface area contributed by atoms with Crippen LogP contribution in [0.25, 0.3) is 0 Å². The fourth-order valence-corrected chi connectivity index (χ4v) is 2.22. The number of hydrogen-bond acceptors (Lipinski definition) is 2. The summed E-state index contributed by atoms with van der Waals surface area (Å²) in [5.41, 5.74) is 1.88. The monoisotopic (exact) mass is 276 g/mol. The van der Waals surface area contributed by atoms with E-state index in [9.17, 15) is 8.78 Å². The number of nitrogens with zero attached hydrogens (tertiary/aromatic N) is 1. The van der Waals surface area contributed by atoms with Crippen molar-refractivity contribution in [1.82, 2.24) is 10.3 Å². The molecule has 2 unspecified atom stereocenters. The summed E-state index contributed by atoms with van der Waals surface area (Å²) in [5.74, 6) is -0.559. The zero-order valence-electron chi connectivity index (χ0n) is 11.6. The largest absolute Gasteiger partial charge is 0.307 e. The van der Waals surface area contributed by atoms with Gasteiger partial charge in [0.2, 0.25) is 0 Å². The second kappa shape index (κ2) is 6.57. The summed E-state index contributed by atoms with van der Waals surface area (Å²) in [7, 11) is 0. The molecule has 0 amide bonds. The zero-order valence-corrected chi connectivity index (χ0v) is 11.6. The van der Waals surface area contributed by atoms with Crippen LogP contribution in [-0.4, -0.2) is 11.0 Å². The van der Waals surface area contributed by atoms with Crippen LogP contribution in [0.5, 0.6) is 0 Å². The first-order valence-corrected chi connectivity index (χ1v) is 6.65. The fraction of sp³-hybridized carbons (Fsp3) is 0.312. The summed E-state index contributed by atoms with van der Waals surface area (Å²) in [6.07, 6.45) is 3.64. The molecule has 1 aromatic carbocycles. The molecule has 0 spiro atoms. The van der Waals surface area contributed by atoms with Gasteiger partial charge in [-0.3, -0.25) is 4.98 Å². The maximum atomic E-state index is 13.1. The van der Waals surface area contributed by atoms with Crippen LogP contribution in [0.3, 0.4) is 0 Å². The van der Waals surface area contributed by atoms with Crippen molar-refractivity contribution >= 4 is 0 Å². The minimum atomic E-state index is -0.331. The van der Waals surface area contributed by atoms with Crippen molar-refractivity contribution in [2.24, 2.45) is 0 Å². The zero-order chi connectivity index (χ0) is 14.5. The Hall–Kier alpha value is -1.81. The number of rotatable bonds is 5. The van der Waals surface area contributed by atoms with Crippen LogP contribution >= 0.6 is 0 Å². The van der Waals surface area contributed by atoms with Gasteiger partial charge < -0.3 is 5.32 Å². The molecule has 106 valence electrons. The standard InChI is InChI=1S/C16H18F2N2/c1-11(7-13-3-5-15(17)6-4-13)20-12(2)14-8-16(18)10-19-9-14/h3-6,8-12,20H,7H2,1-2H3. The topological polar surface area (TPSA) is 24.9 Å². The maximum absolute atomic E-state index is 13.1. The minimum Gasteiger partial charge on any atom is -0.307 e. The summed E-state index contributed by atoms with van der Waals surface area (Å²) >= 11 is 0. The van der Waals surface area contributed by atoms with Gasteiger partial charge in [-0.05, 0) is 49.6 Å². The SMILES string of the molecule is CC(Cc1ccc(F)cc1)NC(C)c1cncc(F)c1. The summed E-state index contributed by atoms with van der Waals surface area (Å²) < 4.78 is 26.0. The van der Waals surface area contributed by atoms with Crippen molar-refractivity contribution in [2.75, 3.05) is 0 Å². The van der Waals surface area contributed by atoms with E-state index in [1.807, 2.05) is 13.8 Å². The van der Waals surface area contributed by atoms with Crippen LogP contribution in [0.4, 0.5) is 8.78 Å². The molecule has 1 heterocycles. The van der Waals surface area contributed by atoms with Crippen molar-refractivity contribution in [3.8, 4) is 0 Å². The molecule has 2 nitrogen and oxygen atoms in total. The van der Waals surface area contributed by atoms with Gasteiger partial charge in [-0.15, -0.1) is 0 Å². The average molecular weight is 276 g/mol. The molecule has 0 aliphatic rings. The Morgan fingerprint density at radius 2 is 1.75 bits per heavy atom. The normalized spacial score (nSPS) is 14.0. The Bertz CT molecular complexity index is 555. The van der Waals surface area contributed by atoms with Gasteiger partial charge in [-0.2, -0.15) is 0 Å². The second-order valence-electron chi connectivity index (χ2n) is 5.06. The molecule has 0 radical (unpaired) electrons. The number of pyridine rings is 1. The Balaban J connectivity index is 1.93. The lowest BCUT2D eigenvalue weighted by Crippen LogP contribution is -2.30. The van der Waals surface area contributed by atoms with Gasteiger partial charge in [0.1, 0.15) is 11.6 Å². The summed E-state index contributed by atoms with van der Waals surface area (Å²) in [6, 6.07) is 8.16. The molecule has 0 aliphatic carbocycles. The summed E-state index contributed by atoms with van der Waals surface area (Å²) in [6.45, 7) is 4.02. The van der Waals surface area contributed by atoms with Gasteiger partial charge in [0.05, 0.1) is 6.20 Å². The average Bonchev–Trinajstić information content (AvgIpc) is 2.41. The first-order chi connectivity index (χ1) is 9.54. The molecule has 0 aliphatic heterocycles. The Kier molecular flexibility index (Phi) is 4.79. The van der Waals surface area contributed by atoms with E-state index in [4.69, 9.17) is 0 Å². The third-order valence-corrected chi connectivity index (χ3v) is 3.22. The quantitative estimate of drug-likeness (QED) is 0.901. The van der Waals surface area contributed by atoms with Crippen LogP contribution in [0.15, 0.2) is 42.7 Å². The molecule has 1 N–H and O–H groups in total. The first-order valence-electron chi connectivity index (χ1n) is 6.65. The molecule has 2 rings (SSSR count). The van der Waals surface area contributed by atoms with Crippen LogP contribution in [0.1, 0.15) is 31.0 Å². The van der Waals surface area contributed by atoms with E-state index in [1.54, 1.807) is 18.3 Å². The van der Waals surface area contributed by atoms with E-state index in [0.717, 1.165) is 17.5 Å². The van der Waals surface area contributed by atoms with Gasteiger partial charge in [-0.1, -0.05) is 12.1 Å². The molecule has 0 saturated carbocycles. The highest BCUT2D eigenvalue weighted by atomic mass is 19.1. The third-order valence-electron chi connectivity index (χ3n) is 3.22. The summed E-state index contributed by atoms with van der Waals surface area (Å²) in [5, 5.41) is 3.39. The van der Waals surface area contributed by atoms with Gasteiger partial charge >= 0.3 is 0 Å². The van der Waals surface area contributed by atoms with Gasteiger partial charge in [0.25, 0.3) is 0 Å². The van der Waals surface area contributed by atoms with E-state index in [0.29, 0.717) is 0 Å². The maximum Gasteiger partial charge on any atom is 0.141 e. The van der Waals surface area contributed by atoms with Crippen LogP contribution in [0.2, 0.25) is 0 Å². The van der Waals surface area contributed by atoms with Crippen molar-refractivity contribution in [1.29, 1.82) is 0 Å². The van der Waals surface area contributed by atoms with Crippen molar-refractivity contribution < 1.29 is 8.78 Å². The van der Waals surface area contributed by atoms with Crippen LogP contribution in [0, 0.1) is 11.6 Å². The lowest BCUT2D eigenvalue weighted by atomic mass is 10.0. The highest BCUT2D eigenvalue weighted by Gasteiger charge is 2.11. The molecule has 0 bridgehead atoms. The smallest absolute Gasteiger partial charge is 0.141 e. The number of halogens is 2. The van der Waals surface area contributed by atoms with Gasteiger partial charge in [-0.25, -0.2) is 8.78 Å². The van der Waals surface area contributed by atoms with E-state index in [1.165, 1.54) is 24.4 Å². The van der Waals surface area contributed by atoms with Gasteiger partial charge in [0.15, 0.2) is 0 Å². The predicted octanol–water partition coefficient (Wildman–Crippen LogP) is 3.64. The molecular formula is C16H18F2N2. The highest BCUT2D eigenvalue weighted by molar-refractivity contribution is 5.18. The van der Waals surface area contributed by atoms with E-state index in [-0.39, 0.29) is 23.7 Å². The lowest BCUT2D eigenvalue weighted by molar-refractivity contribution is 0.473. The van der Waals surface area contributed by atoms with E-state index >= 15 is 0 Å². The molecule has 2 aromatic rings. The molecule has 0 saturated heterocycles. The minimum absolute atomic E-state index is 0.00801. The van der Waals surface area contributed by atoms with Crippen molar-refractivity contribution in [3.63, 3.8) is 0 Å². The Morgan fingerprint density at radius 3 is 2.40 bits per heavy atom. The molecule has 4 heteroatoms. The Morgan fingerprint density at radius 1 is 1.05 bits per heavy atom. The Labute approximate surface area is 117 Å². The molecule has 20 heavy (non-hydrogen) atoms. The van der Waals surface area contributed by atoms with Crippen LogP contribution in [-0.2, 0) is 6.42 Å². The molecule has 0 fully saturated rings. The number of nitrogens with one attached hydrogen (secondary N) is 1. The van der Waals surface area contributed by atoms with E-state index < -0.39 is 0 Å². The fourth-order valence-electron chi connectivity index (χ4n) is 2.22. The second-order valence-corrected chi connectivity index (χ2v) is 5.06. The van der Waals surface area contributed by atoms with Gasteiger partial charge in [0, 0.05) is 18.3 Å². The summed E-state index contributed by atoms with van der Waals surface area (Å²) in [4.78, 5) is 3.85. The number of hydrogen-bond donors (Lipinski definition) is 1.